The van der Waals surface area contributed by atoms with E-state index in [-0.39, 0.29) is 0 Å². The summed E-state index contributed by atoms with van der Waals surface area (Å²) < 4.78 is 0. The van der Waals surface area contributed by atoms with Gasteiger partial charge >= 0.3 is 0 Å². The first-order chi connectivity index (χ1) is 5.24. The summed E-state index contributed by atoms with van der Waals surface area (Å²) in [6, 6.07) is 2.48. The molecule has 11 heavy (non-hydrogen) atoms. The normalized spacial score (nSPS) is 54.5. The van der Waals surface area contributed by atoms with Crippen LogP contribution in [-0.4, -0.2) is 0 Å². The Kier molecular flexibility index (Phi) is 1.45. The molecule has 2 aliphatic rings. The number of hydrogen-bond donors (Lipinski definition) is 0. The van der Waals surface area contributed by atoms with Gasteiger partial charge in [0.15, 0.2) is 0 Å². The van der Waals surface area contributed by atoms with E-state index in [1.807, 2.05) is 0 Å². The van der Waals surface area contributed by atoms with E-state index < -0.39 is 0 Å². The standard InChI is InChI=1S/C10H15N/c1-6-3-8-4-9(6)10(5-11)7(8)2/h6-10H,3-4H2,1-2H3/t6?,7?,8-,9-,10?/m1/s1. The average Bonchev–Trinajstić information content (AvgIpc) is 2.45. The van der Waals surface area contributed by atoms with Crippen molar-refractivity contribution in [1.29, 1.82) is 5.26 Å². The molecule has 2 aliphatic carbocycles. The van der Waals surface area contributed by atoms with Gasteiger partial charge in [0, 0.05) is 0 Å². The second kappa shape index (κ2) is 2.24. The molecule has 0 aliphatic heterocycles. The minimum atomic E-state index is 0.378. The van der Waals surface area contributed by atoms with Crippen molar-refractivity contribution in [3.8, 4) is 6.07 Å². The van der Waals surface area contributed by atoms with E-state index in [4.69, 9.17) is 5.26 Å². The molecule has 0 aromatic rings. The SMILES string of the molecule is CC1C(C#N)[C@@H]2C[C@H]1CC2C. The van der Waals surface area contributed by atoms with Gasteiger partial charge in [-0.15, -0.1) is 0 Å². The molecule has 2 rings (SSSR count). The fourth-order valence-corrected chi connectivity index (χ4v) is 3.16. The Bertz CT molecular complexity index is 203. The molecule has 0 aromatic heterocycles. The molecule has 0 spiro atoms. The monoisotopic (exact) mass is 149 g/mol. The third kappa shape index (κ3) is 0.819. The predicted molar refractivity (Wildman–Crippen MR) is 43.6 cm³/mol. The van der Waals surface area contributed by atoms with E-state index in [2.05, 4.69) is 19.9 Å². The van der Waals surface area contributed by atoms with Crippen molar-refractivity contribution >= 4 is 0 Å². The van der Waals surface area contributed by atoms with Crippen molar-refractivity contribution in [2.75, 3.05) is 0 Å². The number of rotatable bonds is 0. The van der Waals surface area contributed by atoms with Crippen molar-refractivity contribution in [3.05, 3.63) is 0 Å². The zero-order chi connectivity index (χ0) is 8.01. The van der Waals surface area contributed by atoms with Crippen LogP contribution in [0.2, 0.25) is 0 Å². The van der Waals surface area contributed by atoms with Crippen LogP contribution in [0.15, 0.2) is 0 Å². The zero-order valence-electron chi connectivity index (χ0n) is 7.25. The van der Waals surface area contributed by atoms with E-state index in [1.165, 1.54) is 12.8 Å². The van der Waals surface area contributed by atoms with Crippen LogP contribution in [0, 0.1) is 40.9 Å². The van der Waals surface area contributed by atoms with Crippen molar-refractivity contribution in [3.63, 3.8) is 0 Å². The van der Waals surface area contributed by atoms with Crippen LogP contribution in [0.25, 0.3) is 0 Å². The maximum Gasteiger partial charge on any atom is 0.0661 e. The summed E-state index contributed by atoms with van der Waals surface area (Å²) in [7, 11) is 0. The Morgan fingerprint density at radius 3 is 2.45 bits per heavy atom. The van der Waals surface area contributed by atoms with E-state index in [0.29, 0.717) is 11.8 Å². The molecule has 5 atom stereocenters. The van der Waals surface area contributed by atoms with Gasteiger partial charge in [0.25, 0.3) is 0 Å². The minimum Gasteiger partial charge on any atom is -0.198 e. The largest absolute Gasteiger partial charge is 0.198 e. The summed E-state index contributed by atoms with van der Waals surface area (Å²) >= 11 is 0. The Hall–Kier alpha value is -0.510. The second-order valence-electron chi connectivity index (χ2n) is 4.39. The Balaban J connectivity index is 2.21. The summed E-state index contributed by atoms with van der Waals surface area (Å²) in [5, 5.41) is 8.93. The Morgan fingerprint density at radius 1 is 1.27 bits per heavy atom. The molecule has 0 amide bonds. The van der Waals surface area contributed by atoms with Crippen molar-refractivity contribution < 1.29 is 0 Å². The molecule has 60 valence electrons. The predicted octanol–water partition coefficient (Wildman–Crippen LogP) is 2.44. The first kappa shape index (κ1) is 7.16. The summed E-state index contributed by atoms with van der Waals surface area (Å²) in [5.74, 6) is 3.49. The lowest BCUT2D eigenvalue weighted by Crippen LogP contribution is -2.23. The van der Waals surface area contributed by atoms with Gasteiger partial charge < -0.3 is 0 Å². The summed E-state index contributed by atoms with van der Waals surface area (Å²) in [6.07, 6.45) is 2.71. The summed E-state index contributed by atoms with van der Waals surface area (Å²) in [4.78, 5) is 0. The fraction of sp³-hybridized carbons (Fsp3) is 0.900. The van der Waals surface area contributed by atoms with Crippen molar-refractivity contribution in [1.82, 2.24) is 0 Å². The number of hydrogen-bond acceptors (Lipinski definition) is 1. The molecular weight excluding hydrogens is 134 g/mol. The molecule has 2 fully saturated rings. The van der Waals surface area contributed by atoms with Gasteiger partial charge in [-0.25, -0.2) is 0 Å². The van der Waals surface area contributed by atoms with Crippen LogP contribution < -0.4 is 0 Å². The van der Waals surface area contributed by atoms with Crippen LogP contribution in [-0.2, 0) is 0 Å². The third-order valence-corrected chi connectivity index (χ3v) is 3.90. The van der Waals surface area contributed by atoms with Gasteiger partial charge in [-0.05, 0) is 36.5 Å². The molecule has 0 heterocycles. The molecule has 1 heteroatoms. The summed E-state index contributed by atoms with van der Waals surface area (Å²) in [6.45, 7) is 4.56. The van der Waals surface area contributed by atoms with Gasteiger partial charge in [-0.1, -0.05) is 13.8 Å². The highest BCUT2D eigenvalue weighted by molar-refractivity contribution is 5.05. The van der Waals surface area contributed by atoms with Gasteiger partial charge in [0.2, 0.25) is 0 Å². The molecule has 1 nitrogen and oxygen atoms in total. The molecule has 2 saturated carbocycles. The molecule has 0 N–H and O–H groups in total. The van der Waals surface area contributed by atoms with Gasteiger partial charge in [0.05, 0.1) is 12.0 Å². The van der Waals surface area contributed by atoms with Crippen LogP contribution in [0.3, 0.4) is 0 Å². The van der Waals surface area contributed by atoms with Crippen LogP contribution in [0.4, 0.5) is 0 Å². The van der Waals surface area contributed by atoms with Crippen LogP contribution in [0.5, 0.6) is 0 Å². The van der Waals surface area contributed by atoms with Crippen LogP contribution in [0.1, 0.15) is 26.7 Å². The van der Waals surface area contributed by atoms with Crippen molar-refractivity contribution in [2.24, 2.45) is 29.6 Å². The number of fused-ring (bicyclic) bond motifs is 2. The maximum atomic E-state index is 8.93. The lowest BCUT2D eigenvalue weighted by molar-refractivity contribution is 0.231. The first-order valence-electron chi connectivity index (χ1n) is 4.63. The van der Waals surface area contributed by atoms with Crippen molar-refractivity contribution in [2.45, 2.75) is 26.7 Å². The van der Waals surface area contributed by atoms with E-state index in [0.717, 1.165) is 17.8 Å². The van der Waals surface area contributed by atoms with E-state index in [9.17, 15) is 0 Å². The number of nitriles is 1. The van der Waals surface area contributed by atoms with E-state index in [1.54, 1.807) is 0 Å². The molecular formula is C10H15N. The molecule has 0 saturated heterocycles. The topological polar surface area (TPSA) is 23.8 Å². The fourth-order valence-electron chi connectivity index (χ4n) is 3.16. The molecule has 2 bridgehead atoms. The smallest absolute Gasteiger partial charge is 0.0661 e. The van der Waals surface area contributed by atoms with Gasteiger partial charge in [-0.2, -0.15) is 5.26 Å². The first-order valence-corrected chi connectivity index (χ1v) is 4.63. The second-order valence-corrected chi connectivity index (χ2v) is 4.39. The van der Waals surface area contributed by atoms with E-state index >= 15 is 0 Å². The molecule has 0 radical (unpaired) electrons. The molecule has 0 aromatic carbocycles. The third-order valence-electron chi connectivity index (χ3n) is 3.90. The summed E-state index contributed by atoms with van der Waals surface area (Å²) in [5.41, 5.74) is 0. The number of nitrogens with zero attached hydrogens (tertiary/aromatic N) is 1. The Labute approximate surface area is 68.4 Å². The lowest BCUT2D eigenvalue weighted by Gasteiger charge is -2.27. The average molecular weight is 149 g/mol. The van der Waals surface area contributed by atoms with Gasteiger partial charge in [0.1, 0.15) is 0 Å². The highest BCUT2D eigenvalue weighted by Crippen LogP contribution is 2.54. The van der Waals surface area contributed by atoms with Gasteiger partial charge in [-0.3, -0.25) is 0 Å². The molecule has 3 unspecified atom stereocenters. The Morgan fingerprint density at radius 2 is 2.00 bits per heavy atom. The zero-order valence-corrected chi connectivity index (χ0v) is 7.25. The lowest BCUT2D eigenvalue weighted by atomic mass is 9.76. The highest BCUT2D eigenvalue weighted by atomic mass is 14.5. The quantitative estimate of drug-likeness (QED) is 0.519. The van der Waals surface area contributed by atoms with Crippen LogP contribution >= 0.6 is 0 Å². The minimum absolute atomic E-state index is 0.378. The highest BCUT2D eigenvalue weighted by Gasteiger charge is 2.48. The maximum absolute atomic E-state index is 8.93.